The van der Waals surface area contributed by atoms with Crippen molar-refractivity contribution in [1.29, 1.82) is 10.0 Å². The van der Waals surface area contributed by atoms with E-state index in [-0.39, 0.29) is 17.4 Å². The van der Waals surface area contributed by atoms with Crippen molar-refractivity contribution in [3.05, 3.63) is 77.1 Å². The summed E-state index contributed by atoms with van der Waals surface area (Å²) in [6, 6.07) is 14.4. The molecular formula is C22H21FN6OS. The number of anilines is 1. The zero-order chi connectivity index (χ0) is 22.0. The summed E-state index contributed by atoms with van der Waals surface area (Å²) in [5, 5.41) is 11.6. The number of aryl methyl sites for hydroxylation is 1. The Bertz CT molecular complexity index is 1200. The second kappa shape index (κ2) is 8.79. The number of halogens is 1. The van der Waals surface area contributed by atoms with Gasteiger partial charge in [0.1, 0.15) is 17.5 Å². The van der Waals surface area contributed by atoms with Gasteiger partial charge in [-0.05, 0) is 47.3 Å². The summed E-state index contributed by atoms with van der Waals surface area (Å²) in [6.07, 6.45) is 4.07. The van der Waals surface area contributed by atoms with E-state index >= 15 is 0 Å². The van der Waals surface area contributed by atoms with E-state index in [1.165, 1.54) is 11.6 Å². The van der Waals surface area contributed by atoms with Crippen LogP contribution in [0.25, 0.3) is 0 Å². The van der Waals surface area contributed by atoms with Gasteiger partial charge in [-0.3, -0.25) is 9.57 Å². The maximum absolute atomic E-state index is 13.6. The van der Waals surface area contributed by atoms with E-state index in [0.29, 0.717) is 12.1 Å². The van der Waals surface area contributed by atoms with E-state index in [2.05, 4.69) is 27.2 Å². The third-order valence-electron chi connectivity index (χ3n) is 5.20. The van der Waals surface area contributed by atoms with Crippen LogP contribution in [0.2, 0.25) is 0 Å². The minimum Gasteiger partial charge on any atom is -0.345 e. The number of aromatic nitrogens is 2. The van der Waals surface area contributed by atoms with Crippen LogP contribution in [0.1, 0.15) is 33.7 Å². The number of nitriles is 1. The van der Waals surface area contributed by atoms with Gasteiger partial charge in [0.05, 0.1) is 4.90 Å². The normalized spacial score (nSPS) is 18.0. The Morgan fingerprint density at radius 1 is 1.42 bits per heavy atom. The van der Waals surface area contributed by atoms with E-state index in [4.69, 9.17) is 10.0 Å². The third-order valence-corrected chi connectivity index (χ3v) is 6.56. The fourth-order valence-corrected chi connectivity index (χ4v) is 5.20. The maximum atomic E-state index is 13.6. The van der Waals surface area contributed by atoms with Crippen molar-refractivity contribution >= 4 is 22.5 Å². The third kappa shape index (κ3) is 4.55. The highest BCUT2D eigenvalue weighted by Crippen LogP contribution is 2.27. The molecule has 1 aliphatic rings. The van der Waals surface area contributed by atoms with Gasteiger partial charge < -0.3 is 9.88 Å². The first kappa shape index (κ1) is 20.9. The summed E-state index contributed by atoms with van der Waals surface area (Å²) >= 11 is 0. The molecule has 3 aromatic rings. The van der Waals surface area contributed by atoms with E-state index in [1.54, 1.807) is 17.7 Å². The Morgan fingerprint density at radius 2 is 2.19 bits per heavy atom. The lowest BCUT2D eigenvalue weighted by atomic mass is 9.99. The highest BCUT2D eigenvalue weighted by molar-refractivity contribution is 7.84. The van der Waals surface area contributed by atoms with Gasteiger partial charge in [0, 0.05) is 31.0 Å². The summed E-state index contributed by atoms with van der Waals surface area (Å²) in [5.41, 5.74) is 2.54. The van der Waals surface area contributed by atoms with Crippen molar-refractivity contribution in [3.8, 4) is 6.07 Å². The predicted molar refractivity (Wildman–Crippen MR) is 116 cm³/mol. The topological polar surface area (TPSA) is 107 Å². The zero-order valence-corrected chi connectivity index (χ0v) is 17.7. The van der Waals surface area contributed by atoms with Gasteiger partial charge in [0.2, 0.25) is 5.95 Å². The van der Waals surface area contributed by atoms with Gasteiger partial charge in [-0.2, -0.15) is 9.65 Å². The number of amides is 1. The van der Waals surface area contributed by atoms with Crippen LogP contribution in [0.3, 0.4) is 0 Å². The molecule has 3 heterocycles. The second-order valence-electron chi connectivity index (χ2n) is 7.41. The number of nitrogens with one attached hydrogen (secondary N) is 3. The molecule has 0 saturated carbocycles. The van der Waals surface area contributed by atoms with Crippen molar-refractivity contribution in [2.75, 3.05) is 5.32 Å². The van der Waals surface area contributed by atoms with E-state index in [1.807, 2.05) is 24.4 Å². The number of benzene rings is 1. The zero-order valence-electron chi connectivity index (χ0n) is 16.9. The molecule has 0 fully saturated rings. The Morgan fingerprint density at radius 3 is 2.94 bits per heavy atom. The van der Waals surface area contributed by atoms with Crippen LogP contribution >= 0.6 is 0 Å². The van der Waals surface area contributed by atoms with Crippen LogP contribution in [-0.4, -0.2) is 21.5 Å². The van der Waals surface area contributed by atoms with Gasteiger partial charge in [0.15, 0.2) is 0 Å². The molecule has 0 aliphatic carbocycles. The summed E-state index contributed by atoms with van der Waals surface area (Å²) in [5.74, 6) is -1.24. The van der Waals surface area contributed by atoms with Crippen molar-refractivity contribution in [2.24, 2.45) is 7.05 Å². The van der Waals surface area contributed by atoms with Crippen molar-refractivity contribution in [3.63, 3.8) is 0 Å². The molecule has 31 heavy (non-hydrogen) atoms. The lowest BCUT2D eigenvalue weighted by Gasteiger charge is -2.16. The van der Waals surface area contributed by atoms with Gasteiger partial charge in [-0.15, -0.1) is 0 Å². The fraction of sp³-hybridized carbons (Fsp3) is 0.227. The monoisotopic (exact) mass is 436 g/mol. The van der Waals surface area contributed by atoms with Gasteiger partial charge in [-0.1, -0.05) is 30.3 Å². The summed E-state index contributed by atoms with van der Waals surface area (Å²) in [4.78, 5) is 17.3. The highest BCUT2D eigenvalue weighted by Gasteiger charge is 2.27. The molecule has 0 bridgehead atoms. The van der Waals surface area contributed by atoms with Crippen LogP contribution in [-0.2, 0) is 30.8 Å². The summed E-state index contributed by atoms with van der Waals surface area (Å²) in [6.45, 7) is 0. The molecule has 7 nitrogen and oxygen atoms in total. The van der Waals surface area contributed by atoms with Gasteiger partial charge in [-0.25, -0.2) is 9.71 Å². The lowest BCUT2D eigenvalue weighted by Crippen LogP contribution is -2.31. The maximum Gasteiger partial charge on any atom is 0.272 e. The van der Waals surface area contributed by atoms with Crippen LogP contribution in [0.4, 0.5) is 10.1 Å². The number of hydrogen-bond acceptors (Lipinski definition) is 4. The minimum absolute atomic E-state index is 0.110. The first-order valence-electron chi connectivity index (χ1n) is 9.77. The number of nitrogens with zero attached hydrogens (tertiary/aromatic N) is 3. The molecule has 2 atom stereocenters. The number of carbonyl (C=O) groups excluding carboxylic acids is 1. The molecule has 1 amide bonds. The number of fused-ring (bicyclic) bond motifs is 1. The quantitative estimate of drug-likeness (QED) is 0.544. The molecule has 1 aromatic carbocycles. The Kier molecular flexibility index (Phi) is 5.93. The van der Waals surface area contributed by atoms with Crippen LogP contribution in [0.5, 0.6) is 0 Å². The molecule has 2 aromatic heterocycles. The Hall–Kier alpha value is -3.35. The second-order valence-corrected chi connectivity index (χ2v) is 8.70. The molecular weight excluding hydrogens is 415 g/mol. The molecule has 158 valence electrons. The number of pyridine rings is 1. The van der Waals surface area contributed by atoms with Gasteiger partial charge in [0.25, 0.3) is 5.91 Å². The Balaban J connectivity index is 1.57. The smallest absolute Gasteiger partial charge is 0.272 e. The fourth-order valence-electron chi connectivity index (χ4n) is 3.83. The SMILES string of the molecule is Cn1cc2c(c1C(=O)Nc1cc(F)nc(C#N)c1)CCC(Cc1ccccc1)NS2=N. The van der Waals surface area contributed by atoms with Crippen molar-refractivity contribution < 1.29 is 9.18 Å². The number of hydrogen-bond donors (Lipinski definition) is 3. The number of rotatable bonds is 4. The number of carbonyl (C=O) groups is 1. The average Bonchev–Trinajstić information content (AvgIpc) is 3.01. The van der Waals surface area contributed by atoms with Crippen molar-refractivity contribution in [1.82, 2.24) is 14.3 Å². The van der Waals surface area contributed by atoms with E-state index in [9.17, 15) is 9.18 Å². The minimum atomic E-state index is -0.961. The summed E-state index contributed by atoms with van der Waals surface area (Å²) < 4.78 is 27.4. The largest absolute Gasteiger partial charge is 0.345 e. The Labute approximate surface area is 182 Å². The predicted octanol–water partition coefficient (Wildman–Crippen LogP) is 3.48. The first-order valence-corrected chi connectivity index (χ1v) is 11.0. The van der Waals surface area contributed by atoms with E-state index < -0.39 is 22.7 Å². The molecule has 2 unspecified atom stereocenters. The molecule has 9 heteroatoms. The molecule has 0 saturated heterocycles. The van der Waals surface area contributed by atoms with Crippen LogP contribution in [0, 0.1) is 22.1 Å². The molecule has 3 N–H and O–H groups in total. The lowest BCUT2D eigenvalue weighted by molar-refractivity contribution is 0.101. The van der Waals surface area contributed by atoms with Gasteiger partial charge >= 0.3 is 0 Å². The van der Waals surface area contributed by atoms with Crippen LogP contribution < -0.4 is 10.0 Å². The standard InChI is InChI=1S/C22H21FN6OS/c1-29-13-19-18(8-7-15(28-31(19)25)9-14-5-3-2-4-6-14)21(29)22(30)27-16-10-17(12-24)26-20(23)11-16/h2-6,10-11,13,15H,7-9H2,1H3,(H2,25,28)(H,26,27,30). The van der Waals surface area contributed by atoms with Crippen molar-refractivity contribution in [2.45, 2.75) is 30.2 Å². The highest BCUT2D eigenvalue weighted by atomic mass is 32.2. The summed E-state index contributed by atoms with van der Waals surface area (Å²) in [7, 11) is 0.799. The van der Waals surface area contributed by atoms with E-state index in [0.717, 1.165) is 29.4 Å². The first-order chi connectivity index (χ1) is 14.9. The molecule has 0 spiro atoms. The molecule has 0 radical (unpaired) electrons. The average molecular weight is 437 g/mol. The molecule has 4 rings (SSSR count). The van der Waals surface area contributed by atoms with Crippen LogP contribution in [0.15, 0.2) is 53.6 Å². The molecule has 1 aliphatic heterocycles.